The smallest absolute Gasteiger partial charge is 0.243 e. The molecule has 3 aromatic heterocycles. The molecule has 5 aromatic rings. The largest absolute Gasteiger partial charge is 0.339 e. The summed E-state index contributed by atoms with van der Waals surface area (Å²) in [4.78, 5) is 13.6. The highest BCUT2D eigenvalue weighted by Gasteiger charge is 2.30. The van der Waals surface area contributed by atoms with Crippen molar-refractivity contribution >= 4 is 54.0 Å². The van der Waals surface area contributed by atoms with Crippen LogP contribution < -0.4 is 5.32 Å². The molecular formula is C24H19N5O2S2. The highest BCUT2D eigenvalue weighted by atomic mass is 32.2. The molecule has 0 atom stereocenters. The van der Waals surface area contributed by atoms with Gasteiger partial charge in [0.05, 0.1) is 38.0 Å². The molecule has 1 aliphatic heterocycles. The van der Waals surface area contributed by atoms with Crippen LogP contribution in [-0.2, 0) is 23.0 Å². The Balaban J connectivity index is 1.28. The van der Waals surface area contributed by atoms with E-state index in [-0.39, 0.29) is 0 Å². The summed E-state index contributed by atoms with van der Waals surface area (Å²) in [7, 11) is -3.61. The normalized spacial score (nSPS) is 14.4. The molecule has 1 N–H and O–H groups in total. The van der Waals surface area contributed by atoms with Crippen LogP contribution in [0.3, 0.4) is 0 Å². The van der Waals surface area contributed by atoms with Gasteiger partial charge in [0.1, 0.15) is 5.82 Å². The first kappa shape index (κ1) is 20.2. The van der Waals surface area contributed by atoms with Crippen molar-refractivity contribution in [2.24, 2.45) is 0 Å². The summed E-state index contributed by atoms with van der Waals surface area (Å²) in [6.45, 7) is 0.706. The maximum Gasteiger partial charge on any atom is 0.243 e. The van der Waals surface area contributed by atoms with Crippen molar-refractivity contribution in [1.29, 1.82) is 0 Å². The van der Waals surface area contributed by atoms with E-state index in [2.05, 4.69) is 20.3 Å². The van der Waals surface area contributed by atoms with Crippen LogP contribution in [0.15, 0.2) is 77.4 Å². The molecule has 0 radical (unpaired) electrons. The van der Waals surface area contributed by atoms with Crippen LogP contribution in [0, 0.1) is 0 Å². The van der Waals surface area contributed by atoms with Crippen LogP contribution in [0.2, 0.25) is 0 Å². The number of rotatable bonds is 4. The van der Waals surface area contributed by atoms with Crippen molar-refractivity contribution in [3.8, 4) is 0 Å². The summed E-state index contributed by atoms with van der Waals surface area (Å²) in [5, 5.41) is 4.42. The molecule has 0 unspecified atom stereocenters. The van der Waals surface area contributed by atoms with E-state index in [1.165, 1.54) is 11.3 Å². The van der Waals surface area contributed by atoms with E-state index >= 15 is 0 Å². The Bertz CT molecular complexity index is 1610. The lowest BCUT2D eigenvalue weighted by molar-refractivity contribution is 0.391. The van der Waals surface area contributed by atoms with Crippen molar-refractivity contribution < 1.29 is 8.42 Å². The zero-order chi connectivity index (χ0) is 22.4. The lowest BCUT2D eigenvalue weighted by atomic mass is 10.0. The van der Waals surface area contributed by atoms with Gasteiger partial charge < -0.3 is 5.32 Å². The molecule has 0 saturated heterocycles. The van der Waals surface area contributed by atoms with E-state index in [0.717, 1.165) is 43.8 Å². The zero-order valence-corrected chi connectivity index (χ0v) is 19.1. The molecule has 7 nitrogen and oxygen atoms in total. The maximum absolute atomic E-state index is 13.3. The SMILES string of the molecule is O=S(=O)(c1ccc2ncsc2c1)N1CCc2c(ccnc2Nc2cnc3ccccc3c2)C1. The van der Waals surface area contributed by atoms with Crippen molar-refractivity contribution in [3.05, 3.63) is 83.6 Å². The molecule has 0 saturated carbocycles. The molecule has 4 heterocycles. The third-order valence-corrected chi connectivity index (χ3v) is 8.54. The van der Waals surface area contributed by atoms with Gasteiger partial charge in [0.25, 0.3) is 0 Å². The summed E-state index contributed by atoms with van der Waals surface area (Å²) in [5.74, 6) is 0.743. The topological polar surface area (TPSA) is 88.1 Å². The number of benzene rings is 2. The van der Waals surface area contributed by atoms with E-state index in [4.69, 9.17) is 0 Å². The van der Waals surface area contributed by atoms with E-state index < -0.39 is 10.0 Å². The molecule has 0 amide bonds. The van der Waals surface area contributed by atoms with Gasteiger partial charge in [-0.3, -0.25) is 4.98 Å². The highest BCUT2D eigenvalue weighted by molar-refractivity contribution is 7.89. The first-order valence-electron chi connectivity index (χ1n) is 10.5. The summed E-state index contributed by atoms with van der Waals surface area (Å²) >= 11 is 1.44. The molecule has 2 aromatic carbocycles. The number of hydrogen-bond acceptors (Lipinski definition) is 7. The second kappa shape index (κ2) is 7.87. The Hall–Kier alpha value is -3.40. The van der Waals surface area contributed by atoms with Crippen LogP contribution >= 0.6 is 11.3 Å². The van der Waals surface area contributed by atoms with Gasteiger partial charge in [0.15, 0.2) is 0 Å². The molecule has 0 aliphatic carbocycles. The number of thiazole rings is 1. The van der Waals surface area contributed by atoms with Crippen molar-refractivity contribution in [2.75, 3.05) is 11.9 Å². The lowest BCUT2D eigenvalue weighted by Gasteiger charge is -2.29. The van der Waals surface area contributed by atoms with Crippen LogP contribution in [0.4, 0.5) is 11.5 Å². The second-order valence-electron chi connectivity index (χ2n) is 7.91. The summed E-state index contributed by atoms with van der Waals surface area (Å²) in [5.41, 5.74) is 6.31. The molecule has 0 fully saturated rings. The summed E-state index contributed by atoms with van der Waals surface area (Å²) in [6.07, 6.45) is 4.09. The zero-order valence-electron chi connectivity index (χ0n) is 17.5. The molecule has 33 heavy (non-hydrogen) atoms. The van der Waals surface area contributed by atoms with Gasteiger partial charge in [-0.1, -0.05) is 18.2 Å². The van der Waals surface area contributed by atoms with Crippen molar-refractivity contribution in [1.82, 2.24) is 19.3 Å². The van der Waals surface area contributed by atoms with Crippen molar-refractivity contribution in [3.63, 3.8) is 0 Å². The Morgan fingerprint density at radius 3 is 2.82 bits per heavy atom. The van der Waals surface area contributed by atoms with Crippen molar-refractivity contribution in [2.45, 2.75) is 17.9 Å². The number of para-hydroxylation sites is 1. The van der Waals surface area contributed by atoms with Gasteiger partial charge in [-0.15, -0.1) is 11.3 Å². The van der Waals surface area contributed by atoms with Gasteiger partial charge >= 0.3 is 0 Å². The number of nitrogens with zero attached hydrogens (tertiary/aromatic N) is 4. The van der Waals surface area contributed by atoms with Crippen LogP contribution in [0.1, 0.15) is 11.1 Å². The maximum atomic E-state index is 13.3. The van der Waals surface area contributed by atoms with Gasteiger partial charge in [-0.2, -0.15) is 4.31 Å². The van der Waals surface area contributed by atoms with E-state index in [0.29, 0.717) is 24.4 Å². The molecule has 1 aliphatic rings. The molecule has 164 valence electrons. The fourth-order valence-electron chi connectivity index (χ4n) is 4.20. The van der Waals surface area contributed by atoms with E-state index in [9.17, 15) is 8.42 Å². The fourth-order valence-corrected chi connectivity index (χ4v) is 6.44. The third-order valence-electron chi connectivity index (χ3n) is 5.90. The first-order valence-corrected chi connectivity index (χ1v) is 12.8. The summed E-state index contributed by atoms with van der Waals surface area (Å²) in [6, 6.07) is 17.0. The lowest BCUT2D eigenvalue weighted by Crippen LogP contribution is -2.36. The Kier molecular flexibility index (Phi) is 4.83. The molecule has 9 heteroatoms. The van der Waals surface area contributed by atoms with Crippen LogP contribution in [-0.4, -0.2) is 34.2 Å². The van der Waals surface area contributed by atoms with Crippen LogP contribution in [0.5, 0.6) is 0 Å². The van der Waals surface area contributed by atoms with E-state index in [1.54, 1.807) is 40.4 Å². The Morgan fingerprint density at radius 2 is 1.88 bits per heavy atom. The first-order chi connectivity index (χ1) is 16.1. The highest BCUT2D eigenvalue weighted by Crippen LogP contribution is 2.31. The van der Waals surface area contributed by atoms with E-state index in [1.807, 2.05) is 36.4 Å². The quantitative estimate of drug-likeness (QED) is 0.406. The molecule has 6 rings (SSSR count). The van der Waals surface area contributed by atoms with Gasteiger partial charge in [0.2, 0.25) is 10.0 Å². The average molecular weight is 474 g/mol. The minimum absolute atomic E-state index is 0.303. The minimum Gasteiger partial charge on any atom is -0.339 e. The predicted octanol–water partition coefficient (Wildman–Crippen LogP) is 4.73. The molecular weight excluding hydrogens is 454 g/mol. The average Bonchev–Trinajstić information content (AvgIpc) is 3.32. The number of nitrogens with one attached hydrogen (secondary N) is 1. The Morgan fingerprint density at radius 1 is 0.970 bits per heavy atom. The van der Waals surface area contributed by atoms with Gasteiger partial charge in [-0.05, 0) is 48.4 Å². The molecule has 0 bridgehead atoms. The number of pyridine rings is 2. The summed E-state index contributed by atoms with van der Waals surface area (Å²) < 4.78 is 29.1. The minimum atomic E-state index is -3.61. The van der Waals surface area contributed by atoms with Crippen LogP contribution in [0.25, 0.3) is 21.1 Å². The predicted molar refractivity (Wildman–Crippen MR) is 130 cm³/mol. The fraction of sp³-hybridized carbons (Fsp3) is 0.125. The van der Waals surface area contributed by atoms with Gasteiger partial charge in [0, 0.05) is 30.2 Å². The Labute approximate surface area is 194 Å². The monoisotopic (exact) mass is 473 g/mol. The van der Waals surface area contributed by atoms with Gasteiger partial charge in [-0.25, -0.2) is 18.4 Å². The number of aromatic nitrogens is 3. The third kappa shape index (κ3) is 3.64. The number of hydrogen-bond donors (Lipinski definition) is 1. The number of sulfonamides is 1. The number of anilines is 2. The molecule has 0 spiro atoms. The standard InChI is InChI=1S/C24H19N5O2S2/c30-33(31,19-5-6-22-23(12-19)32-15-27-22)29-10-8-20-17(14-29)7-9-25-24(20)28-18-11-16-3-1-2-4-21(16)26-13-18/h1-7,9,11-13,15H,8,10,14H2,(H,25,28). The second-order valence-corrected chi connectivity index (χ2v) is 10.7. The number of fused-ring (bicyclic) bond motifs is 3.